The highest BCUT2D eigenvalue weighted by atomic mass is 32.1. The molecule has 0 aliphatic rings. The zero-order valence-electron chi connectivity index (χ0n) is 20.2. The minimum absolute atomic E-state index is 1.32. The van der Waals surface area contributed by atoms with Crippen molar-refractivity contribution in [2.24, 2.45) is 0 Å². The van der Waals surface area contributed by atoms with Crippen LogP contribution in [0.25, 0.3) is 72.4 Å². The van der Waals surface area contributed by atoms with Crippen molar-refractivity contribution < 1.29 is 0 Å². The lowest BCUT2D eigenvalue weighted by atomic mass is 9.95. The van der Waals surface area contributed by atoms with E-state index in [-0.39, 0.29) is 0 Å². The number of fused-ring (bicyclic) bond motifs is 4. The van der Waals surface area contributed by atoms with Crippen LogP contribution < -0.4 is 0 Å². The Morgan fingerprint density at radius 1 is 0.368 bits per heavy atom. The van der Waals surface area contributed by atoms with Crippen LogP contribution in [0, 0.1) is 0 Å². The highest BCUT2D eigenvalue weighted by Crippen LogP contribution is 2.50. The molecule has 0 aliphatic heterocycles. The number of thiophene rings is 2. The standard InChI is InChI=1S/C34H20S4/c1-5-13-27-23(9-1)31(24-10-2-6-14-28(24)37-27)33-21(17-19-35-33)22-18-20-36-34(22)32-25-11-3-7-15-29(25)38-30-16-8-4-12-26(30)32/h1-20H/q+2. The van der Waals surface area contributed by atoms with Gasteiger partial charge < -0.3 is 0 Å². The number of benzene rings is 4. The van der Waals surface area contributed by atoms with Crippen molar-refractivity contribution in [1.29, 1.82) is 0 Å². The van der Waals surface area contributed by atoms with Crippen LogP contribution in [-0.4, -0.2) is 0 Å². The van der Waals surface area contributed by atoms with Crippen LogP contribution in [0.3, 0.4) is 0 Å². The molecule has 0 aliphatic carbocycles. The van der Waals surface area contributed by atoms with E-state index in [1.54, 1.807) is 0 Å². The number of rotatable bonds is 3. The normalized spacial score (nSPS) is 11.7. The van der Waals surface area contributed by atoms with E-state index in [4.69, 9.17) is 0 Å². The van der Waals surface area contributed by atoms with Gasteiger partial charge in [0.2, 0.25) is 41.5 Å². The van der Waals surface area contributed by atoms with Gasteiger partial charge in [-0.15, -0.1) is 22.7 Å². The lowest BCUT2D eigenvalue weighted by molar-refractivity contribution is 1.76. The van der Waals surface area contributed by atoms with Crippen LogP contribution in [0.4, 0.5) is 0 Å². The molecule has 0 amide bonds. The van der Waals surface area contributed by atoms with Crippen LogP contribution in [0.2, 0.25) is 0 Å². The smallest absolute Gasteiger partial charge is 0.143 e. The Hall–Kier alpha value is -3.54. The minimum Gasteiger partial charge on any atom is -0.143 e. The zero-order chi connectivity index (χ0) is 25.1. The zero-order valence-corrected chi connectivity index (χ0v) is 23.4. The predicted molar refractivity (Wildman–Crippen MR) is 173 cm³/mol. The van der Waals surface area contributed by atoms with E-state index in [1.807, 2.05) is 45.3 Å². The van der Waals surface area contributed by atoms with E-state index in [1.165, 1.54) is 72.4 Å². The Kier molecular flexibility index (Phi) is 5.34. The van der Waals surface area contributed by atoms with Crippen molar-refractivity contribution in [3.05, 3.63) is 120 Å². The molecular weight excluding hydrogens is 537 g/mol. The minimum atomic E-state index is 1.32. The van der Waals surface area contributed by atoms with E-state index in [0.29, 0.717) is 0 Å². The first kappa shape index (κ1) is 22.4. The van der Waals surface area contributed by atoms with Crippen molar-refractivity contribution in [1.82, 2.24) is 0 Å². The summed E-state index contributed by atoms with van der Waals surface area (Å²) in [5.41, 5.74) is 5.33. The summed E-state index contributed by atoms with van der Waals surface area (Å²) in [5, 5.41) is 9.83. The van der Waals surface area contributed by atoms with E-state index < -0.39 is 0 Å². The summed E-state index contributed by atoms with van der Waals surface area (Å²) in [7, 11) is 0. The lowest BCUT2D eigenvalue weighted by Crippen LogP contribution is -1.86. The second kappa shape index (κ2) is 9.04. The van der Waals surface area contributed by atoms with Gasteiger partial charge in [-0.25, -0.2) is 0 Å². The van der Waals surface area contributed by atoms with Gasteiger partial charge in [-0.05, 0) is 47.2 Å². The van der Waals surface area contributed by atoms with E-state index in [9.17, 15) is 0 Å². The van der Waals surface area contributed by atoms with Crippen molar-refractivity contribution in [3.8, 4) is 32.0 Å². The molecule has 0 spiro atoms. The van der Waals surface area contributed by atoms with E-state index in [2.05, 4.69) is 120 Å². The predicted octanol–water partition coefficient (Wildman–Crippen LogP) is 12.1. The first-order chi connectivity index (χ1) is 18.9. The summed E-state index contributed by atoms with van der Waals surface area (Å²) in [6.07, 6.45) is 0. The third kappa shape index (κ3) is 3.45. The molecule has 0 radical (unpaired) electrons. The summed E-state index contributed by atoms with van der Waals surface area (Å²) in [6.45, 7) is 0. The SMILES string of the molecule is c1ccc2c(-c3sccc3-c3ccsc3-c3c4ccccc4[s+]c4ccccc34)c3ccccc3[s+]c2c1. The Bertz CT molecular complexity index is 1880. The third-order valence-corrected chi connectivity index (χ3v) is 11.3. The number of hydrogen-bond donors (Lipinski definition) is 0. The Morgan fingerprint density at radius 3 is 1.03 bits per heavy atom. The Morgan fingerprint density at radius 2 is 0.684 bits per heavy atom. The molecule has 0 bridgehead atoms. The molecule has 0 fully saturated rings. The fourth-order valence-corrected chi connectivity index (χ4v) is 9.64. The van der Waals surface area contributed by atoms with Gasteiger partial charge in [0.25, 0.3) is 0 Å². The van der Waals surface area contributed by atoms with Gasteiger partial charge >= 0.3 is 0 Å². The molecule has 0 nitrogen and oxygen atoms in total. The summed E-state index contributed by atoms with van der Waals surface area (Å²) in [6, 6.07) is 40.0. The monoisotopic (exact) mass is 556 g/mol. The molecule has 4 aromatic heterocycles. The molecule has 0 saturated carbocycles. The van der Waals surface area contributed by atoms with Crippen LogP contribution >= 0.6 is 45.3 Å². The second-order valence-electron chi connectivity index (χ2n) is 9.27. The molecule has 178 valence electrons. The van der Waals surface area contributed by atoms with Crippen molar-refractivity contribution in [3.63, 3.8) is 0 Å². The molecule has 8 aromatic rings. The van der Waals surface area contributed by atoms with Gasteiger partial charge in [-0.3, -0.25) is 0 Å². The summed E-state index contributed by atoms with van der Waals surface area (Å²) >= 11 is 7.46. The molecule has 0 unspecified atom stereocenters. The van der Waals surface area contributed by atoms with E-state index in [0.717, 1.165) is 0 Å². The van der Waals surface area contributed by atoms with Gasteiger partial charge in [-0.1, -0.05) is 48.5 Å². The van der Waals surface area contributed by atoms with Crippen molar-refractivity contribution >= 4 is 85.7 Å². The van der Waals surface area contributed by atoms with Gasteiger partial charge in [0.15, 0.2) is 0 Å². The largest absolute Gasteiger partial charge is 0.239 e. The third-order valence-electron chi connectivity index (χ3n) is 7.14. The van der Waals surface area contributed by atoms with Gasteiger partial charge in [0.05, 0.1) is 0 Å². The quantitative estimate of drug-likeness (QED) is 0.150. The topological polar surface area (TPSA) is 0 Å². The molecule has 38 heavy (non-hydrogen) atoms. The maximum absolute atomic E-state index is 2.32. The van der Waals surface area contributed by atoms with Gasteiger partial charge in [0, 0.05) is 77.8 Å². The maximum Gasteiger partial charge on any atom is 0.239 e. The van der Waals surface area contributed by atoms with Gasteiger partial charge in [0.1, 0.15) is 0 Å². The van der Waals surface area contributed by atoms with Crippen molar-refractivity contribution in [2.45, 2.75) is 0 Å². The van der Waals surface area contributed by atoms with Crippen LogP contribution in [0.15, 0.2) is 120 Å². The molecule has 4 heteroatoms. The van der Waals surface area contributed by atoms with Crippen molar-refractivity contribution in [2.75, 3.05) is 0 Å². The average Bonchev–Trinajstić information content (AvgIpc) is 3.64. The highest BCUT2D eigenvalue weighted by Gasteiger charge is 2.25. The average molecular weight is 557 g/mol. The van der Waals surface area contributed by atoms with E-state index >= 15 is 0 Å². The fourth-order valence-electron chi connectivity index (χ4n) is 5.49. The molecule has 0 atom stereocenters. The van der Waals surface area contributed by atoms with Crippen LogP contribution in [-0.2, 0) is 0 Å². The first-order valence-electron chi connectivity index (χ1n) is 12.5. The lowest BCUT2D eigenvalue weighted by Gasteiger charge is -2.11. The maximum atomic E-state index is 2.32. The highest BCUT2D eigenvalue weighted by molar-refractivity contribution is 7.25. The molecular formula is C34H20S4+2. The molecule has 0 saturated heterocycles. The van der Waals surface area contributed by atoms with Gasteiger partial charge in [-0.2, -0.15) is 0 Å². The van der Waals surface area contributed by atoms with Crippen LogP contribution in [0.1, 0.15) is 0 Å². The summed E-state index contributed by atoms with van der Waals surface area (Å²) < 4.78 is 5.31. The van der Waals surface area contributed by atoms with Crippen LogP contribution in [0.5, 0.6) is 0 Å². The first-order valence-corrected chi connectivity index (χ1v) is 15.9. The summed E-state index contributed by atoms with van der Waals surface area (Å²) in [5.74, 6) is 0. The molecule has 0 N–H and O–H groups in total. The fraction of sp³-hybridized carbons (Fsp3) is 0. The molecule has 4 heterocycles. The number of hydrogen-bond acceptors (Lipinski definition) is 2. The second-order valence-corrected chi connectivity index (χ2v) is 13.3. The summed E-state index contributed by atoms with van der Waals surface area (Å²) in [4.78, 5) is 2.69. The Balaban J connectivity index is 1.44. The Labute approximate surface area is 236 Å². The molecule has 8 rings (SSSR count). The molecule has 4 aromatic carbocycles.